The van der Waals surface area contributed by atoms with Crippen molar-refractivity contribution < 1.29 is 28.4 Å². The maximum Gasteiger partial charge on any atom is 0.494 e. The van der Waals surface area contributed by atoms with E-state index in [9.17, 15) is 9.59 Å². The molecule has 0 spiro atoms. The second-order valence-corrected chi connectivity index (χ2v) is 10.6. The van der Waals surface area contributed by atoms with Crippen LogP contribution in [0.25, 0.3) is 0 Å². The molecule has 215 valence electrons. The minimum absolute atomic E-state index is 0.352. The van der Waals surface area contributed by atoms with E-state index in [1.807, 2.05) is 70.2 Å². The number of carbonyl (C=O) groups is 2. The molecule has 1 heterocycles. The second kappa shape index (κ2) is 16.4. The van der Waals surface area contributed by atoms with Crippen molar-refractivity contribution in [3.05, 3.63) is 89.5 Å². The Morgan fingerprint density at radius 3 is 1.81 bits per heavy atom. The Balaban J connectivity index is 0.000000332. The van der Waals surface area contributed by atoms with Crippen LogP contribution in [-0.4, -0.2) is 81.1 Å². The smallest absolute Gasteiger partial charge is 0.465 e. The van der Waals surface area contributed by atoms with Crippen molar-refractivity contribution in [2.24, 2.45) is 0 Å². The molecule has 3 N–H and O–H groups in total. The molecule has 0 amide bonds. The first-order chi connectivity index (χ1) is 20.3. The summed E-state index contributed by atoms with van der Waals surface area (Å²) in [4.78, 5) is 22.8. The molecule has 1 aliphatic rings. The van der Waals surface area contributed by atoms with E-state index in [0.29, 0.717) is 23.4 Å². The third-order valence-corrected chi connectivity index (χ3v) is 6.91. The quantitative estimate of drug-likeness (QED) is 0.253. The van der Waals surface area contributed by atoms with Crippen LogP contribution in [0.2, 0.25) is 0 Å². The highest BCUT2D eigenvalue weighted by Gasteiger charge is 2.51. The van der Waals surface area contributed by atoms with Gasteiger partial charge in [0, 0.05) is 54.6 Å². The molecule has 0 atom stereocenters. The van der Waals surface area contributed by atoms with Gasteiger partial charge < -0.3 is 29.8 Å². The Hall–Kier alpha value is -3.49. The number of methoxy groups -OCH3 is 2. The monoisotopic (exact) mass is 573 g/mol. The fraction of sp³-hybridized carbons (Fsp3) is 0.310. The summed E-state index contributed by atoms with van der Waals surface area (Å²) in [5.74, 6) is -0.752. The van der Waals surface area contributed by atoms with Crippen molar-refractivity contribution in [2.75, 3.05) is 25.3 Å². The average Bonchev–Trinajstić information content (AvgIpc) is 3.22. The number of rotatable bonds is 7. The number of anilines is 2. The number of ether oxygens (including phenoxy) is 2. The van der Waals surface area contributed by atoms with Crippen LogP contribution in [0.3, 0.4) is 0 Å². The lowest BCUT2D eigenvalue weighted by molar-refractivity contribution is 0.00578. The standard InChI is InChI=1S/C21H26BNO4.C8H9NO2.B5/c1-20(2)21(3,4)27-22(26-20)16-12-10-15(11-13-16)14-23-18-9-7-6-8-17(18)19(24)25-5;1-11-8(10)6-4-2-3-5-7(6)9;1-4-5(2)3/h6-13,23H,14H2,1-5H3;2-5H,9H2,1H3;. The van der Waals surface area contributed by atoms with Crippen LogP contribution in [-0.2, 0) is 25.3 Å². The molecule has 4 rings (SSSR count). The number of carbonyl (C=O) groups excluding carboxylic acids is 2. The van der Waals surface area contributed by atoms with E-state index in [-0.39, 0.29) is 24.3 Å². The van der Waals surface area contributed by atoms with Gasteiger partial charge in [0.25, 0.3) is 0 Å². The van der Waals surface area contributed by atoms with E-state index in [2.05, 4.69) is 10.1 Å². The van der Waals surface area contributed by atoms with Gasteiger partial charge in [-0.3, -0.25) is 0 Å². The Bertz CT molecular complexity index is 1330. The third kappa shape index (κ3) is 10.3. The molecule has 0 bridgehead atoms. The van der Waals surface area contributed by atoms with Crippen LogP contribution in [0, 0.1) is 0 Å². The van der Waals surface area contributed by atoms with Gasteiger partial charge in [0.15, 0.2) is 0 Å². The number of hydrogen-bond donors (Lipinski definition) is 2. The lowest BCUT2D eigenvalue weighted by atomic mass is 8.97. The largest absolute Gasteiger partial charge is 0.494 e. The zero-order valence-electron chi connectivity index (χ0n) is 25.6. The normalized spacial score (nSPS) is 14.1. The Morgan fingerprint density at radius 1 is 0.860 bits per heavy atom. The third-order valence-electron chi connectivity index (χ3n) is 6.91. The van der Waals surface area contributed by atoms with Crippen molar-refractivity contribution in [2.45, 2.75) is 45.4 Å². The zero-order chi connectivity index (χ0) is 32.2. The minimum Gasteiger partial charge on any atom is -0.465 e. The molecular formula is C29H35B6N2O6. The summed E-state index contributed by atoms with van der Waals surface area (Å²) in [6.45, 7) is 8.78. The molecule has 1 fully saturated rings. The van der Waals surface area contributed by atoms with Gasteiger partial charge in [0.2, 0.25) is 0 Å². The van der Waals surface area contributed by atoms with Crippen LogP contribution in [0.1, 0.15) is 54.0 Å². The highest BCUT2D eigenvalue weighted by atomic mass is 16.7. The van der Waals surface area contributed by atoms with Gasteiger partial charge in [0.05, 0.1) is 36.5 Å². The van der Waals surface area contributed by atoms with E-state index in [1.165, 1.54) is 21.3 Å². The molecule has 0 aromatic heterocycles. The maximum atomic E-state index is 11.9. The number of nitrogens with two attached hydrogens (primary N) is 1. The summed E-state index contributed by atoms with van der Waals surface area (Å²) < 4.78 is 21.5. The van der Waals surface area contributed by atoms with Gasteiger partial charge >= 0.3 is 19.1 Å². The molecule has 3 aromatic rings. The lowest BCUT2D eigenvalue weighted by Crippen LogP contribution is -2.41. The van der Waals surface area contributed by atoms with E-state index in [1.54, 1.807) is 30.3 Å². The van der Waals surface area contributed by atoms with Gasteiger partial charge in [-0.25, -0.2) is 9.59 Å². The Morgan fingerprint density at radius 2 is 1.33 bits per heavy atom. The maximum absolute atomic E-state index is 11.9. The molecule has 7 radical (unpaired) electrons. The zero-order valence-corrected chi connectivity index (χ0v) is 25.6. The minimum atomic E-state index is -0.463. The predicted octanol–water partition coefficient (Wildman–Crippen LogP) is 2.54. The van der Waals surface area contributed by atoms with Gasteiger partial charge in [-0.15, -0.1) is 0 Å². The van der Waals surface area contributed by atoms with Crippen molar-refractivity contribution in [3.8, 4) is 0 Å². The summed E-state index contributed by atoms with van der Waals surface area (Å²) in [5.41, 5.74) is 9.01. The molecule has 0 saturated carbocycles. The number of benzene rings is 3. The van der Waals surface area contributed by atoms with Gasteiger partial charge in [0.1, 0.15) is 0 Å². The number of nitrogen functional groups attached to an aromatic ring is 1. The number of nitrogens with one attached hydrogen (secondary N) is 1. The number of para-hydroxylation sites is 2. The first-order valence-electron chi connectivity index (χ1n) is 13.6. The molecule has 0 unspecified atom stereocenters. The highest BCUT2D eigenvalue weighted by molar-refractivity contribution is 7.60. The fourth-order valence-electron chi connectivity index (χ4n) is 3.69. The van der Waals surface area contributed by atoms with Gasteiger partial charge in [-0.1, -0.05) is 48.5 Å². The molecule has 8 nitrogen and oxygen atoms in total. The molecular weight excluding hydrogens is 537 g/mol. The van der Waals surface area contributed by atoms with Crippen LogP contribution in [0.15, 0.2) is 72.8 Å². The highest BCUT2D eigenvalue weighted by Crippen LogP contribution is 2.36. The van der Waals surface area contributed by atoms with Crippen LogP contribution < -0.4 is 16.5 Å². The van der Waals surface area contributed by atoms with Crippen molar-refractivity contribution in [3.63, 3.8) is 0 Å². The molecule has 1 saturated heterocycles. The predicted molar refractivity (Wildman–Crippen MR) is 178 cm³/mol. The first-order valence-corrected chi connectivity index (χ1v) is 13.6. The lowest BCUT2D eigenvalue weighted by Gasteiger charge is -2.32. The van der Waals surface area contributed by atoms with Crippen molar-refractivity contribution in [1.29, 1.82) is 0 Å². The summed E-state index contributed by atoms with van der Waals surface area (Å²) in [5, 5.41) is 3.30. The molecule has 0 aliphatic carbocycles. The van der Waals surface area contributed by atoms with Crippen LogP contribution in [0.4, 0.5) is 11.4 Å². The Labute approximate surface area is 260 Å². The number of hydrogen-bond acceptors (Lipinski definition) is 8. The van der Waals surface area contributed by atoms with Crippen LogP contribution in [0.5, 0.6) is 0 Å². The molecule has 43 heavy (non-hydrogen) atoms. The summed E-state index contributed by atoms with van der Waals surface area (Å²) in [6.07, 6.45) is -0.463. The summed E-state index contributed by atoms with van der Waals surface area (Å²) in [6, 6.07) is 22.2. The summed E-state index contributed by atoms with van der Waals surface area (Å²) in [7, 11) is 18.1. The second-order valence-electron chi connectivity index (χ2n) is 10.6. The van der Waals surface area contributed by atoms with Gasteiger partial charge in [-0.2, -0.15) is 0 Å². The summed E-state index contributed by atoms with van der Waals surface area (Å²) >= 11 is 0. The van der Waals surface area contributed by atoms with E-state index >= 15 is 0 Å². The van der Waals surface area contributed by atoms with Crippen molar-refractivity contribution in [1.82, 2.24) is 0 Å². The van der Waals surface area contributed by atoms with Crippen molar-refractivity contribution >= 4 is 72.6 Å². The molecule has 14 heteroatoms. The van der Waals surface area contributed by atoms with Crippen LogP contribution >= 0.6 is 0 Å². The van der Waals surface area contributed by atoms with Gasteiger partial charge in [-0.05, 0) is 63.0 Å². The molecule has 3 aromatic carbocycles. The fourth-order valence-corrected chi connectivity index (χ4v) is 3.69. The number of esters is 2. The Kier molecular flexibility index (Phi) is 13.6. The molecule has 1 aliphatic heterocycles. The first kappa shape index (κ1) is 35.7. The topological polar surface area (TPSA) is 109 Å². The average molecular weight is 572 g/mol. The van der Waals surface area contributed by atoms with E-state index < -0.39 is 12.4 Å². The van der Waals surface area contributed by atoms with E-state index in [4.69, 9.17) is 43.0 Å². The van der Waals surface area contributed by atoms with E-state index in [0.717, 1.165) is 16.7 Å². The SMILES string of the molecule is COC(=O)c1ccccc1N.COC(=O)c1ccccc1NCc1ccc(B2OC(C)(C)C(C)(C)O2)cc1.[B][B]B([B])[B].